The van der Waals surface area contributed by atoms with Crippen LogP contribution in [0.25, 0.3) is 0 Å². The number of nitrogens with one attached hydrogen (secondary N) is 1. The highest BCUT2D eigenvalue weighted by Crippen LogP contribution is 2.29. The van der Waals surface area contributed by atoms with E-state index in [1.807, 2.05) is 6.92 Å². The molecule has 3 N–H and O–H groups in total. The third kappa shape index (κ3) is 3.86. The molecule has 0 aromatic heterocycles. The number of amides is 1. The lowest BCUT2D eigenvalue weighted by molar-refractivity contribution is -0.184. The maximum Gasteiger partial charge on any atom is 0.415 e. The number of anilines is 1. The average Bonchev–Trinajstić information content (AvgIpc) is 2.35. The summed E-state index contributed by atoms with van der Waals surface area (Å²) in [7, 11) is 0. The molecule has 0 saturated heterocycles. The Morgan fingerprint density at radius 1 is 1.40 bits per heavy atom. The van der Waals surface area contributed by atoms with E-state index in [9.17, 15) is 18.0 Å². The molecule has 0 aliphatic carbocycles. The first kappa shape index (κ1) is 16.3. The van der Waals surface area contributed by atoms with Gasteiger partial charge in [-0.2, -0.15) is 13.2 Å². The Kier molecular flexibility index (Phi) is 4.99. The fourth-order valence-corrected chi connectivity index (χ4v) is 1.27. The largest absolute Gasteiger partial charge is 0.494 e. The first-order valence-corrected chi connectivity index (χ1v) is 6.08. The summed E-state index contributed by atoms with van der Waals surface area (Å²) in [5.74, 6) is -0.854. The predicted octanol–water partition coefficient (Wildman–Crippen LogP) is 2.69. The fourth-order valence-electron chi connectivity index (χ4n) is 1.27. The smallest absolute Gasteiger partial charge is 0.415 e. The van der Waals surface area contributed by atoms with Crippen LogP contribution in [0, 0.1) is 0 Å². The minimum atomic E-state index is -4.83. The van der Waals surface area contributed by atoms with E-state index in [-0.39, 0.29) is 5.69 Å². The number of hydrogen-bond donors (Lipinski definition) is 2. The average molecular weight is 290 g/mol. The normalized spacial score (nSPS) is 14.5. The molecule has 112 valence electrons. The monoisotopic (exact) mass is 290 g/mol. The van der Waals surface area contributed by atoms with Crippen molar-refractivity contribution in [3.63, 3.8) is 0 Å². The second kappa shape index (κ2) is 6.13. The highest BCUT2D eigenvalue weighted by molar-refractivity contribution is 5.98. The molecule has 1 aromatic rings. The lowest BCUT2D eigenvalue weighted by Crippen LogP contribution is -2.59. The number of ether oxygens (including phenoxy) is 1. The second-order valence-corrected chi connectivity index (χ2v) is 4.53. The summed E-state index contributed by atoms with van der Waals surface area (Å²) in [6.07, 6.45) is -4.03. The first-order valence-electron chi connectivity index (χ1n) is 6.08. The van der Waals surface area contributed by atoms with Crippen molar-refractivity contribution in [3.8, 4) is 5.75 Å². The van der Waals surface area contributed by atoms with E-state index < -0.39 is 17.6 Å². The SMILES string of the molecule is CCCOc1cccc(NC(=O)C(C)(N)C(F)(F)F)c1. The van der Waals surface area contributed by atoms with Gasteiger partial charge in [-0.3, -0.25) is 4.79 Å². The van der Waals surface area contributed by atoms with Crippen molar-refractivity contribution in [1.29, 1.82) is 0 Å². The van der Waals surface area contributed by atoms with Crippen LogP contribution in [0.2, 0.25) is 0 Å². The van der Waals surface area contributed by atoms with Crippen molar-refractivity contribution in [2.24, 2.45) is 5.73 Å². The Bertz CT molecular complexity index is 473. The zero-order chi connectivity index (χ0) is 15.4. The molecule has 1 atom stereocenters. The molecule has 1 unspecified atom stereocenters. The van der Waals surface area contributed by atoms with Crippen molar-refractivity contribution >= 4 is 11.6 Å². The van der Waals surface area contributed by atoms with E-state index in [2.05, 4.69) is 5.32 Å². The third-order valence-electron chi connectivity index (χ3n) is 2.63. The van der Waals surface area contributed by atoms with Crippen LogP contribution in [-0.2, 0) is 4.79 Å². The summed E-state index contributed by atoms with van der Waals surface area (Å²) in [4.78, 5) is 11.6. The molecule has 1 aromatic carbocycles. The number of alkyl halides is 3. The van der Waals surface area contributed by atoms with Crippen molar-refractivity contribution in [1.82, 2.24) is 0 Å². The third-order valence-corrected chi connectivity index (χ3v) is 2.63. The Morgan fingerprint density at radius 2 is 2.05 bits per heavy atom. The van der Waals surface area contributed by atoms with Crippen LogP contribution in [0.5, 0.6) is 5.75 Å². The van der Waals surface area contributed by atoms with E-state index in [0.717, 1.165) is 6.42 Å². The molecule has 0 radical (unpaired) electrons. The van der Waals surface area contributed by atoms with E-state index in [0.29, 0.717) is 19.3 Å². The van der Waals surface area contributed by atoms with Gasteiger partial charge < -0.3 is 15.8 Å². The Balaban J connectivity index is 2.81. The van der Waals surface area contributed by atoms with E-state index in [1.165, 1.54) is 12.1 Å². The van der Waals surface area contributed by atoms with Gasteiger partial charge in [0.2, 0.25) is 0 Å². The molecule has 0 aliphatic heterocycles. The molecule has 0 bridgehead atoms. The van der Waals surface area contributed by atoms with Crippen molar-refractivity contribution in [2.75, 3.05) is 11.9 Å². The van der Waals surface area contributed by atoms with Gasteiger partial charge >= 0.3 is 6.18 Å². The molecule has 0 saturated carbocycles. The zero-order valence-electron chi connectivity index (χ0n) is 11.3. The van der Waals surface area contributed by atoms with Crippen molar-refractivity contribution in [2.45, 2.75) is 32.0 Å². The minimum Gasteiger partial charge on any atom is -0.494 e. The highest BCUT2D eigenvalue weighted by atomic mass is 19.4. The summed E-state index contributed by atoms with van der Waals surface area (Å²) in [6.45, 7) is 3.03. The van der Waals surface area contributed by atoms with Gasteiger partial charge in [-0.05, 0) is 25.5 Å². The molecule has 0 fully saturated rings. The second-order valence-electron chi connectivity index (χ2n) is 4.53. The van der Waals surface area contributed by atoms with Crippen LogP contribution in [0.4, 0.5) is 18.9 Å². The summed E-state index contributed by atoms with van der Waals surface area (Å²) in [5.41, 5.74) is 2.28. The minimum absolute atomic E-state index is 0.199. The molecule has 1 amide bonds. The Labute approximate surface area is 115 Å². The molecule has 1 rings (SSSR count). The number of carbonyl (C=O) groups excluding carboxylic acids is 1. The van der Waals surface area contributed by atoms with E-state index >= 15 is 0 Å². The van der Waals surface area contributed by atoms with Crippen LogP contribution < -0.4 is 15.8 Å². The number of carbonyl (C=O) groups is 1. The predicted molar refractivity (Wildman–Crippen MR) is 69.5 cm³/mol. The molecule has 20 heavy (non-hydrogen) atoms. The van der Waals surface area contributed by atoms with Gasteiger partial charge in [-0.1, -0.05) is 13.0 Å². The van der Waals surface area contributed by atoms with E-state index in [1.54, 1.807) is 12.1 Å². The zero-order valence-corrected chi connectivity index (χ0v) is 11.3. The lowest BCUT2D eigenvalue weighted by atomic mass is 10.0. The maximum absolute atomic E-state index is 12.6. The van der Waals surface area contributed by atoms with Crippen LogP contribution in [-0.4, -0.2) is 24.2 Å². The van der Waals surface area contributed by atoms with Crippen molar-refractivity contribution in [3.05, 3.63) is 24.3 Å². The van der Waals surface area contributed by atoms with Crippen LogP contribution >= 0.6 is 0 Å². The number of hydrogen-bond acceptors (Lipinski definition) is 3. The van der Waals surface area contributed by atoms with Gasteiger partial charge in [0.25, 0.3) is 5.91 Å². The van der Waals surface area contributed by atoms with Crippen LogP contribution in [0.1, 0.15) is 20.3 Å². The molecule has 7 heteroatoms. The first-order chi connectivity index (χ1) is 9.18. The number of benzene rings is 1. The fraction of sp³-hybridized carbons (Fsp3) is 0.462. The van der Waals surface area contributed by atoms with Crippen LogP contribution in [0.3, 0.4) is 0 Å². The molecule has 0 spiro atoms. The quantitative estimate of drug-likeness (QED) is 0.876. The number of nitrogens with two attached hydrogens (primary N) is 1. The molecule has 4 nitrogen and oxygen atoms in total. The topological polar surface area (TPSA) is 64.3 Å². The number of halogens is 3. The maximum atomic E-state index is 12.6. The molecular formula is C13H17F3N2O2. The summed E-state index contributed by atoms with van der Waals surface area (Å²) in [6, 6.07) is 6.13. The van der Waals surface area contributed by atoms with E-state index in [4.69, 9.17) is 10.5 Å². The highest BCUT2D eigenvalue weighted by Gasteiger charge is 2.53. The lowest BCUT2D eigenvalue weighted by Gasteiger charge is -2.26. The Hall–Kier alpha value is -1.76. The van der Waals surface area contributed by atoms with Gasteiger partial charge in [-0.25, -0.2) is 0 Å². The van der Waals surface area contributed by atoms with Crippen LogP contribution in [0.15, 0.2) is 24.3 Å². The van der Waals surface area contributed by atoms with Gasteiger partial charge in [-0.15, -0.1) is 0 Å². The summed E-state index contributed by atoms with van der Waals surface area (Å²) in [5, 5.41) is 2.14. The standard InChI is InChI=1S/C13H17F3N2O2/c1-3-7-20-10-6-4-5-9(8-10)18-11(19)12(2,17)13(14,15)16/h4-6,8H,3,7,17H2,1-2H3,(H,18,19). The van der Waals surface area contributed by atoms with Gasteiger partial charge in [0.15, 0.2) is 5.54 Å². The summed E-state index contributed by atoms with van der Waals surface area (Å²) < 4.78 is 43.2. The molecular weight excluding hydrogens is 273 g/mol. The molecule has 0 aliphatic rings. The number of rotatable bonds is 5. The summed E-state index contributed by atoms with van der Waals surface area (Å²) >= 11 is 0. The van der Waals surface area contributed by atoms with Gasteiger partial charge in [0, 0.05) is 11.8 Å². The van der Waals surface area contributed by atoms with Gasteiger partial charge in [0.05, 0.1) is 6.61 Å². The van der Waals surface area contributed by atoms with Crippen molar-refractivity contribution < 1.29 is 22.7 Å². The van der Waals surface area contributed by atoms with Gasteiger partial charge in [0.1, 0.15) is 5.75 Å². The Morgan fingerprint density at radius 3 is 2.60 bits per heavy atom. The molecule has 0 heterocycles.